The molecule has 0 bridgehead atoms. The van der Waals surface area contributed by atoms with Crippen molar-refractivity contribution < 1.29 is 14.3 Å². The van der Waals surface area contributed by atoms with E-state index in [1.807, 2.05) is 22.9 Å². The molecule has 122 valence electrons. The maximum atomic E-state index is 12.6. The summed E-state index contributed by atoms with van der Waals surface area (Å²) in [7, 11) is 1.37. The van der Waals surface area contributed by atoms with Gasteiger partial charge in [0.15, 0.2) is 0 Å². The third-order valence-corrected chi connectivity index (χ3v) is 5.84. The predicted octanol–water partition coefficient (Wildman–Crippen LogP) is 2.97. The number of aromatic nitrogens is 1. The molecular weight excluding hydrogens is 332 g/mol. The fraction of sp³-hybridized carbons (Fsp3) is 0.438. The molecule has 1 unspecified atom stereocenters. The largest absolute Gasteiger partial charge is 0.467 e. The van der Waals surface area contributed by atoms with Gasteiger partial charge in [0.05, 0.1) is 24.1 Å². The van der Waals surface area contributed by atoms with E-state index in [1.165, 1.54) is 7.11 Å². The number of carbonyl (C=O) groups excluding carboxylic acids is 2. The molecule has 5 nitrogen and oxygen atoms in total. The highest BCUT2D eigenvalue weighted by Gasteiger charge is 2.32. The third-order valence-electron chi connectivity index (χ3n) is 3.91. The maximum Gasteiger partial charge on any atom is 0.328 e. The Morgan fingerprint density at radius 2 is 2.26 bits per heavy atom. The zero-order chi connectivity index (χ0) is 16.2. The summed E-state index contributed by atoms with van der Waals surface area (Å²) in [6, 6.07) is 3.56. The molecule has 3 rings (SSSR count). The number of rotatable bonds is 4. The number of methoxy groups -OCH3 is 1. The van der Waals surface area contributed by atoms with Crippen molar-refractivity contribution in [3.05, 3.63) is 28.6 Å². The summed E-state index contributed by atoms with van der Waals surface area (Å²) < 4.78 is 4.83. The van der Waals surface area contributed by atoms with Gasteiger partial charge >= 0.3 is 5.97 Å². The number of nitrogens with zero attached hydrogens (tertiary/aromatic N) is 2. The Hall–Kier alpha value is -1.73. The summed E-state index contributed by atoms with van der Waals surface area (Å²) in [5, 5.41) is 4.87. The summed E-state index contributed by atoms with van der Waals surface area (Å²) in [5.74, 6) is -0.376. The van der Waals surface area contributed by atoms with Gasteiger partial charge in [0.2, 0.25) is 5.91 Å². The van der Waals surface area contributed by atoms with Gasteiger partial charge in [-0.3, -0.25) is 4.79 Å². The number of carbonyl (C=O) groups is 2. The van der Waals surface area contributed by atoms with Crippen LogP contribution in [0.2, 0.25) is 0 Å². The van der Waals surface area contributed by atoms with Crippen molar-refractivity contribution in [2.24, 2.45) is 0 Å². The van der Waals surface area contributed by atoms with Crippen molar-refractivity contribution in [1.82, 2.24) is 9.88 Å². The van der Waals surface area contributed by atoms with Crippen LogP contribution in [0.5, 0.6) is 0 Å². The quantitative estimate of drug-likeness (QED) is 0.796. The monoisotopic (exact) mass is 350 g/mol. The number of likely N-dealkylation sites (tertiary alicyclic amines) is 1. The first-order valence-corrected chi connectivity index (χ1v) is 9.30. The highest BCUT2D eigenvalue weighted by atomic mass is 32.1. The van der Waals surface area contributed by atoms with Crippen molar-refractivity contribution in [3.63, 3.8) is 0 Å². The van der Waals surface area contributed by atoms with Crippen molar-refractivity contribution in [2.75, 3.05) is 13.7 Å². The summed E-state index contributed by atoms with van der Waals surface area (Å²) in [5.41, 5.74) is 0.762. The van der Waals surface area contributed by atoms with Crippen molar-refractivity contribution in [3.8, 4) is 9.88 Å². The van der Waals surface area contributed by atoms with E-state index in [1.54, 1.807) is 27.6 Å². The highest BCUT2D eigenvalue weighted by Crippen LogP contribution is 2.28. The lowest BCUT2D eigenvalue weighted by Gasteiger charge is -2.33. The molecule has 7 heteroatoms. The summed E-state index contributed by atoms with van der Waals surface area (Å²) in [6.45, 7) is 0.612. The van der Waals surface area contributed by atoms with Crippen molar-refractivity contribution in [2.45, 2.75) is 31.7 Å². The molecule has 1 aliphatic rings. The second-order valence-corrected chi connectivity index (χ2v) is 7.23. The Kier molecular flexibility index (Phi) is 5.07. The van der Waals surface area contributed by atoms with Gasteiger partial charge in [-0.05, 0) is 30.7 Å². The molecule has 0 radical (unpaired) electrons. The number of piperidine rings is 1. The first kappa shape index (κ1) is 16.1. The van der Waals surface area contributed by atoms with Crippen LogP contribution in [-0.2, 0) is 20.7 Å². The van der Waals surface area contributed by atoms with E-state index in [-0.39, 0.29) is 18.3 Å². The molecule has 0 aromatic carbocycles. The fourth-order valence-electron chi connectivity index (χ4n) is 2.77. The molecule has 2 aromatic rings. The molecule has 1 fully saturated rings. The first-order valence-electron chi connectivity index (χ1n) is 7.54. The Balaban J connectivity index is 1.69. The van der Waals surface area contributed by atoms with E-state index in [2.05, 4.69) is 4.98 Å². The van der Waals surface area contributed by atoms with Crippen LogP contribution in [0.15, 0.2) is 22.9 Å². The maximum absolute atomic E-state index is 12.6. The van der Waals surface area contributed by atoms with Crippen LogP contribution in [0.1, 0.15) is 25.0 Å². The number of amides is 1. The molecule has 0 aliphatic carbocycles. The molecule has 1 amide bonds. The molecule has 0 saturated carbocycles. The number of hydrogen-bond acceptors (Lipinski definition) is 6. The summed E-state index contributed by atoms with van der Waals surface area (Å²) in [4.78, 5) is 31.8. The van der Waals surface area contributed by atoms with Gasteiger partial charge in [-0.2, -0.15) is 0 Å². The molecule has 1 saturated heterocycles. The minimum atomic E-state index is -0.448. The smallest absolute Gasteiger partial charge is 0.328 e. The predicted molar refractivity (Wildman–Crippen MR) is 90.5 cm³/mol. The van der Waals surface area contributed by atoms with E-state index in [0.29, 0.717) is 13.0 Å². The summed E-state index contributed by atoms with van der Waals surface area (Å²) >= 11 is 3.18. The summed E-state index contributed by atoms with van der Waals surface area (Å²) in [6.07, 6.45) is 2.78. The van der Waals surface area contributed by atoms with Gasteiger partial charge in [0.1, 0.15) is 11.0 Å². The lowest BCUT2D eigenvalue weighted by Crippen LogP contribution is -2.49. The average molecular weight is 350 g/mol. The van der Waals surface area contributed by atoms with Crippen molar-refractivity contribution in [1.29, 1.82) is 0 Å². The Bertz CT molecular complexity index is 681. The van der Waals surface area contributed by atoms with Crippen LogP contribution in [0.3, 0.4) is 0 Å². The van der Waals surface area contributed by atoms with E-state index in [9.17, 15) is 9.59 Å². The van der Waals surface area contributed by atoms with Crippen molar-refractivity contribution >= 4 is 34.6 Å². The first-order chi connectivity index (χ1) is 11.2. The van der Waals surface area contributed by atoms with E-state index in [0.717, 1.165) is 28.4 Å². The van der Waals surface area contributed by atoms with Crippen LogP contribution in [0.4, 0.5) is 0 Å². The molecule has 2 aromatic heterocycles. The zero-order valence-electron chi connectivity index (χ0n) is 12.9. The van der Waals surface area contributed by atoms with E-state index in [4.69, 9.17) is 4.74 Å². The topological polar surface area (TPSA) is 59.5 Å². The normalized spacial score (nSPS) is 18.0. The number of esters is 1. The van der Waals surface area contributed by atoms with Crippen LogP contribution >= 0.6 is 22.7 Å². The standard InChI is InChI=1S/C16H18N2O3S2/c1-21-16(20)12-5-2-3-7-18(12)14(19)9-11-10-23-15(17-11)13-6-4-8-22-13/h4,6,8,10,12H,2-3,5,7,9H2,1H3. The molecule has 3 heterocycles. The van der Waals surface area contributed by atoms with Gasteiger partial charge in [-0.15, -0.1) is 22.7 Å². The molecule has 23 heavy (non-hydrogen) atoms. The minimum Gasteiger partial charge on any atom is -0.467 e. The van der Waals surface area contributed by atoms with E-state index < -0.39 is 6.04 Å². The van der Waals surface area contributed by atoms with Gasteiger partial charge in [-0.25, -0.2) is 9.78 Å². The zero-order valence-corrected chi connectivity index (χ0v) is 14.5. The van der Waals surface area contributed by atoms with E-state index >= 15 is 0 Å². The van der Waals surface area contributed by atoms with Crippen LogP contribution in [0, 0.1) is 0 Å². The fourth-order valence-corrected chi connectivity index (χ4v) is 4.40. The highest BCUT2D eigenvalue weighted by molar-refractivity contribution is 7.20. The lowest BCUT2D eigenvalue weighted by atomic mass is 10.0. The van der Waals surface area contributed by atoms with Crippen LogP contribution in [0.25, 0.3) is 9.88 Å². The van der Waals surface area contributed by atoms with Crippen LogP contribution < -0.4 is 0 Å². The van der Waals surface area contributed by atoms with Gasteiger partial charge < -0.3 is 9.64 Å². The molecule has 1 aliphatic heterocycles. The SMILES string of the molecule is COC(=O)C1CCCCN1C(=O)Cc1csc(-c2cccs2)n1. The Morgan fingerprint density at radius 3 is 3.00 bits per heavy atom. The molecule has 0 spiro atoms. The lowest BCUT2D eigenvalue weighted by molar-refractivity contribution is -0.154. The number of thiophene rings is 1. The molecular formula is C16H18N2O3S2. The number of hydrogen-bond donors (Lipinski definition) is 0. The molecule has 0 N–H and O–H groups in total. The van der Waals surface area contributed by atoms with Gasteiger partial charge in [-0.1, -0.05) is 6.07 Å². The van der Waals surface area contributed by atoms with Crippen LogP contribution in [-0.4, -0.2) is 41.5 Å². The second-order valence-electron chi connectivity index (χ2n) is 5.42. The van der Waals surface area contributed by atoms with Gasteiger partial charge in [0.25, 0.3) is 0 Å². The van der Waals surface area contributed by atoms with Gasteiger partial charge in [0, 0.05) is 11.9 Å². The molecule has 1 atom stereocenters. The Morgan fingerprint density at radius 1 is 1.39 bits per heavy atom. The number of thiazole rings is 1. The second kappa shape index (κ2) is 7.23. The number of ether oxygens (including phenoxy) is 1. The third kappa shape index (κ3) is 3.61. The Labute approximate surface area is 142 Å². The minimum absolute atomic E-state index is 0.0527. The average Bonchev–Trinajstić information content (AvgIpc) is 3.25.